The van der Waals surface area contributed by atoms with Crippen LogP contribution in [-0.2, 0) is 0 Å². The lowest BCUT2D eigenvalue weighted by Gasteiger charge is -2.14. The van der Waals surface area contributed by atoms with Crippen LogP contribution in [0, 0.1) is 6.92 Å². The molecule has 3 heteroatoms. The fraction of sp³-hybridized carbons (Fsp3) is 0.500. The van der Waals surface area contributed by atoms with E-state index in [-0.39, 0.29) is 0 Å². The lowest BCUT2D eigenvalue weighted by molar-refractivity contribution is 0.532. The van der Waals surface area contributed by atoms with Gasteiger partial charge in [0.05, 0.1) is 0 Å². The fourth-order valence-corrected chi connectivity index (χ4v) is 2.57. The molecule has 0 saturated carbocycles. The third-order valence-electron chi connectivity index (χ3n) is 2.31. The minimum atomic E-state index is 0.417. The Balaban J connectivity index is 2.41. The molecule has 1 rings (SSSR count). The summed E-state index contributed by atoms with van der Waals surface area (Å²) < 4.78 is 0. The van der Waals surface area contributed by atoms with E-state index in [1.807, 2.05) is 11.8 Å². The highest BCUT2D eigenvalue weighted by molar-refractivity contribution is 7.99. The highest BCUT2D eigenvalue weighted by Crippen LogP contribution is 2.20. The molecule has 1 aromatic rings. The fourth-order valence-electron chi connectivity index (χ4n) is 1.47. The van der Waals surface area contributed by atoms with Crippen LogP contribution in [0.15, 0.2) is 29.2 Å². The van der Waals surface area contributed by atoms with Gasteiger partial charge in [0.15, 0.2) is 0 Å². The Morgan fingerprint density at radius 1 is 1.47 bits per heavy atom. The van der Waals surface area contributed by atoms with Crippen LogP contribution in [-0.4, -0.2) is 11.8 Å². The van der Waals surface area contributed by atoms with Crippen LogP contribution < -0.4 is 11.3 Å². The Bertz CT molecular complexity index is 289. The average Bonchev–Trinajstić information content (AvgIpc) is 2.24. The van der Waals surface area contributed by atoms with Crippen LogP contribution in [0.2, 0.25) is 0 Å². The summed E-state index contributed by atoms with van der Waals surface area (Å²) in [5, 5.41) is 0. The Kier molecular flexibility index (Phi) is 5.76. The third-order valence-corrected chi connectivity index (χ3v) is 3.47. The molecule has 0 aliphatic rings. The number of hydrogen-bond acceptors (Lipinski definition) is 3. The van der Waals surface area contributed by atoms with Crippen molar-refractivity contribution in [3.63, 3.8) is 0 Å². The van der Waals surface area contributed by atoms with Gasteiger partial charge in [-0.05, 0) is 25.5 Å². The van der Waals surface area contributed by atoms with Crippen molar-refractivity contribution in [1.82, 2.24) is 5.43 Å². The van der Waals surface area contributed by atoms with Crippen molar-refractivity contribution in [2.24, 2.45) is 5.84 Å². The standard InChI is InChI=1S/C12H20N2S/c1-3-5-11(14-13)9-15-12-7-4-6-10(2)8-12/h4,6-8,11,14H,3,5,9,13H2,1-2H3. The van der Waals surface area contributed by atoms with E-state index in [0.29, 0.717) is 6.04 Å². The second-order valence-electron chi connectivity index (χ2n) is 3.78. The SMILES string of the molecule is CCCC(CSc1cccc(C)c1)NN. The molecule has 0 radical (unpaired) electrons. The Morgan fingerprint density at radius 3 is 2.87 bits per heavy atom. The van der Waals surface area contributed by atoms with Crippen LogP contribution in [0.25, 0.3) is 0 Å². The molecule has 0 fully saturated rings. The van der Waals surface area contributed by atoms with E-state index in [0.717, 1.165) is 12.2 Å². The second kappa shape index (κ2) is 6.88. The molecule has 1 aromatic carbocycles. The summed E-state index contributed by atoms with van der Waals surface area (Å²) in [4.78, 5) is 1.33. The van der Waals surface area contributed by atoms with Gasteiger partial charge in [0.1, 0.15) is 0 Å². The molecule has 2 nitrogen and oxygen atoms in total. The quantitative estimate of drug-likeness (QED) is 0.443. The molecule has 1 atom stereocenters. The maximum Gasteiger partial charge on any atom is 0.0304 e. The van der Waals surface area contributed by atoms with Crippen LogP contribution in [0.3, 0.4) is 0 Å². The molecule has 1 unspecified atom stereocenters. The maximum atomic E-state index is 5.49. The predicted molar refractivity (Wildman–Crippen MR) is 67.9 cm³/mol. The van der Waals surface area contributed by atoms with Crippen molar-refractivity contribution in [2.45, 2.75) is 37.6 Å². The van der Waals surface area contributed by atoms with Gasteiger partial charge < -0.3 is 0 Å². The highest BCUT2D eigenvalue weighted by Gasteiger charge is 2.05. The molecule has 3 N–H and O–H groups in total. The lowest BCUT2D eigenvalue weighted by Crippen LogP contribution is -2.36. The smallest absolute Gasteiger partial charge is 0.0304 e. The van der Waals surface area contributed by atoms with E-state index in [2.05, 4.69) is 43.5 Å². The average molecular weight is 224 g/mol. The van der Waals surface area contributed by atoms with E-state index in [4.69, 9.17) is 5.84 Å². The summed E-state index contributed by atoms with van der Waals surface area (Å²) in [6.45, 7) is 4.30. The molecule has 15 heavy (non-hydrogen) atoms. The van der Waals surface area contributed by atoms with Crippen LogP contribution in [0.1, 0.15) is 25.3 Å². The van der Waals surface area contributed by atoms with Gasteiger partial charge in [-0.1, -0.05) is 31.0 Å². The highest BCUT2D eigenvalue weighted by atomic mass is 32.2. The van der Waals surface area contributed by atoms with Crippen LogP contribution in [0.5, 0.6) is 0 Å². The van der Waals surface area contributed by atoms with Crippen molar-refractivity contribution in [2.75, 3.05) is 5.75 Å². The molecule has 0 amide bonds. The normalized spacial score (nSPS) is 12.7. The van der Waals surface area contributed by atoms with Crippen LogP contribution in [0.4, 0.5) is 0 Å². The molecule has 0 aliphatic carbocycles. The van der Waals surface area contributed by atoms with Crippen molar-refractivity contribution in [3.8, 4) is 0 Å². The molecule has 0 aromatic heterocycles. The number of nitrogens with one attached hydrogen (secondary N) is 1. The zero-order chi connectivity index (χ0) is 11.1. The number of nitrogens with two attached hydrogens (primary N) is 1. The molecule has 0 heterocycles. The first-order valence-corrected chi connectivity index (χ1v) is 6.40. The first-order valence-electron chi connectivity index (χ1n) is 5.42. The Morgan fingerprint density at radius 2 is 2.27 bits per heavy atom. The monoisotopic (exact) mass is 224 g/mol. The second-order valence-corrected chi connectivity index (χ2v) is 4.87. The molecule has 0 bridgehead atoms. The van der Waals surface area contributed by atoms with Crippen molar-refractivity contribution in [3.05, 3.63) is 29.8 Å². The first-order chi connectivity index (χ1) is 7.26. The summed E-state index contributed by atoms with van der Waals surface area (Å²) in [5.41, 5.74) is 4.18. The summed E-state index contributed by atoms with van der Waals surface area (Å²) in [6.07, 6.45) is 2.30. The van der Waals surface area contributed by atoms with E-state index < -0.39 is 0 Å². The number of thioether (sulfide) groups is 1. The van der Waals surface area contributed by atoms with E-state index in [9.17, 15) is 0 Å². The van der Waals surface area contributed by atoms with Gasteiger partial charge in [-0.2, -0.15) is 0 Å². The maximum absolute atomic E-state index is 5.49. The molecule has 84 valence electrons. The third kappa shape index (κ3) is 4.69. The number of aryl methyl sites for hydroxylation is 1. The zero-order valence-corrected chi connectivity index (χ0v) is 10.3. The van der Waals surface area contributed by atoms with Crippen molar-refractivity contribution < 1.29 is 0 Å². The molecular formula is C12H20N2S. The molecule has 0 spiro atoms. The Labute approximate surface area is 96.6 Å². The van der Waals surface area contributed by atoms with Crippen LogP contribution >= 0.6 is 11.8 Å². The molecular weight excluding hydrogens is 204 g/mol. The van der Waals surface area contributed by atoms with Gasteiger partial charge in [0.2, 0.25) is 0 Å². The van der Waals surface area contributed by atoms with Gasteiger partial charge in [-0.25, -0.2) is 0 Å². The van der Waals surface area contributed by atoms with Gasteiger partial charge >= 0.3 is 0 Å². The summed E-state index contributed by atoms with van der Waals surface area (Å²) in [6, 6.07) is 9.00. The number of hydrazine groups is 1. The minimum Gasteiger partial charge on any atom is -0.271 e. The van der Waals surface area contributed by atoms with Gasteiger partial charge in [-0.15, -0.1) is 11.8 Å². The van der Waals surface area contributed by atoms with E-state index in [1.165, 1.54) is 16.9 Å². The predicted octanol–water partition coefficient (Wildman–Crippen LogP) is 2.72. The van der Waals surface area contributed by atoms with Crippen molar-refractivity contribution in [1.29, 1.82) is 0 Å². The largest absolute Gasteiger partial charge is 0.271 e. The summed E-state index contributed by atoms with van der Waals surface area (Å²) in [7, 11) is 0. The summed E-state index contributed by atoms with van der Waals surface area (Å²) in [5.74, 6) is 6.53. The Hall–Kier alpha value is -0.510. The number of hydrogen-bond donors (Lipinski definition) is 2. The zero-order valence-electron chi connectivity index (χ0n) is 9.49. The summed E-state index contributed by atoms with van der Waals surface area (Å²) >= 11 is 1.86. The van der Waals surface area contributed by atoms with Crippen molar-refractivity contribution >= 4 is 11.8 Å². The van der Waals surface area contributed by atoms with E-state index in [1.54, 1.807) is 0 Å². The number of benzene rings is 1. The van der Waals surface area contributed by atoms with Gasteiger partial charge in [0, 0.05) is 16.7 Å². The topological polar surface area (TPSA) is 38.0 Å². The van der Waals surface area contributed by atoms with Gasteiger partial charge in [-0.3, -0.25) is 11.3 Å². The first kappa shape index (κ1) is 12.6. The molecule has 0 aliphatic heterocycles. The number of rotatable bonds is 6. The van der Waals surface area contributed by atoms with Gasteiger partial charge in [0.25, 0.3) is 0 Å². The van der Waals surface area contributed by atoms with E-state index >= 15 is 0 Å². The molecule has 0 saturated heterocycles. The minimum absolute atomic E-state index is 0.417. The lowest BCUT2D eigenvalue weighted by atomic mass is 10.2.